The van der Waals surface area contributed by atoms with E-state index in [1.165, 1.54) is 42.5 Å². The summed E-state index contributed by atoms with van der Waals surface area (Å²) < 4.78 is 50.9. The third-order valence-corrected chi connectivity index (χ3v) is 7.59. The second kappa shape index (κ2) is 6.69. The van der Waals surface area contributed by atoms with E-state index in [4.69, 9.17) is 5.11 Å². The number of sulfonamides is 2. The maximum atomic E-state index is 12.5. The van der Waals surface area contributed by atoms with Crippen LogP contribution in [0.5, 0.6) is 0 Å². The van der Waals surface area contributed by atoms with Crippen LogP contribution in [-0.4, -0.2) is 58.1 Å². The lowest BCUT2D eigenvalue weighted by atomic mass is 10.2. The van der Waals surface area contributed by atoms with Gasteiger partial charge in [-0.1, -0.05) is 6.92 Å². The molecule has 1 aliphatic heterocycles. The maximum Gasteiger partial charge on any atom is 0.307 e. The Balaban J connectivity index is 2.22. The summed E-state index contributed by atoms with van der Waals surface area (Å²) in [6.45, 7) is 1.65. The SMILES string of the molecule is CC(CN(C)S(=O)(=O)c1ccc(N2CCCS2(=O)=O)cc1)C(=O)O. The van der Waals surface area contributed by atoms with Gasteiger partial charge in [-0.05, 0) is 30.7 Å². The zero-order chi connectivity index (χ0) is 18.1. The fourth-order valence-electron chi connectivity index (χ4n) is 2.46. The fourth-order valence-corrected chi connectivity index (χ4v) is 5.28. The summed E-state index contributed by atoms with van der Waals surface area (Å²) in [5.41, 5.74) is 0.424. The maximum absolute atomic E-state index is 12.5. The summed E-state index contributed by atoms with van der Waals surface area (Å²) in [6.07, 6.45) is 0.540. The van der Waals surface area contributed by atoms with Crippen LogP contribution < -0.4 is 4.31 Å². The van der Waals surface area contributed by atoms with Gasteiger partial charge in [0.2, 0.25) is 20.0 Å². The molecule has 1 saturated heterocycles. The molecular formula is C14H20N2O6S2. The lowest BCUT2D eigenvalue weighted by Gasteiger charge is -2.20. The summed E-state index contributed by atoms with van der Waals surface area (Å²) in [5, 5.41) is 8.89. The lowest BCUT2D eigenvalue weighted by Crippen LogP contribution is -2.33. The van der Waals surface area contributed by atoms with Gasteiger partial charge in [0, 0.05) is 20.1 Å². The molecule has 134 valence electrons. The average molecular weight is 376 g/mol. The fraction of sp³-hybridized carbons (Fsp3) is 0.500. The Bertz CT molecular complexity index is 817. The molecule has 1 N–H and O–H groups in total. The van der Waals surface area contributed by atoms with Gasteiger partial charge in [-0.25, -0.2) is 21.1 Å². The second-order valence-electron chi connectivity index (χ2n) is 5.76. The minimum absolute atomic E-state index is 0.0112. The highest BCUT2D eigenvalue weighted by atomic mass is 32.2. The van der Waals surface area contributed by atoms with Gasteiger partial charge in [0.15, 0.2) is 0 Å². The first-order valence-corrected chi connectivity index (χ1v) is 10.4. The Morgan fingerprint density at radius 3 is 2.38 bits per heavy atom. The number of benzene rings is 1. The molecule has 8 nitrogen and oxygen atoms in total. The highest BCUT2D eigenvalue weighted by Crippen LogP contribution is 2.26. The van der Waals surface area contributed by atoms with E-state index in [2.05, 4.69) is 0 Å². The molecule has 1 aliphatic rings. The van der Waals surface area contributed by atoms with Crippen LogP contribution in [0.3, 0.4) is 0 Å². The van der Waals surface area contributed by atoms with E-state index in [9.17, 15) is 21.6 Å². The van der Waals surface area contributed by atoms with Gasteiger partial charge >= 0.3 is 5.97 Å². The van der Waals surface area contributed by atoms with Gasteiger partial charge in [-0.15, -0.1) is 0 Å². The third kappa shape index (κ3) is 3.70. The monoisotopic (exact) mass is 376 g/mol. The van der Waals surface area contributed by atoms with Gasteiger partial charge < -0.3 is 5.11 Å². The van der Waals surface area contributed by atoms with Crippen LogP contribution in [0, 0.1) is 5.92 Å². The number of aliphatic carboxylic acids is 1. The number of carboxylic acids is 1. The van der Waals surface area contributed by atoms with Gasteiger partial charge in [0.05, 0.1) is 22.3 Å². The Hall–Kier alpha value is -1.65. The van der Waals surface area contributed by atoms with E-state index in [-0.39, 0.29) is 17.2 Å². The number of hydrogen-bond acceptors (Lipinski definition) is 5. The smallest absolute Gasteiger partial charge is 0.307 e. The van der Waals surface area contributed by atoms with Crippen molar-refractivity contribution in [3.63, 3.8) is 0 Å². The van der Waals surface area contributed by atoms with E-state index in [0.717, 1.165) is 4.31 Å². The highest BCUT2D eigenvalue weighted by molar-refractivity contribution is 7.93. The van der Waals surface area contributed by atoms with Crippen LogP contribution in [0.1, 0.15) is 13.3 Å². The van der Waals surface area contributed by atoms with Gasteiger partial charge in [0.25, 0.3) is 0 Å². The van der Waals surface area contributed by atoms with Crippen molar-refractivity contribution in [3.8, 4) is 0 Å². The first kappa shape index (κ1) is 18.7. The molecule has 0 radical (unpaired) electrons. The molecule has 2 rings (SSSR count). The summed E-state index contributed by atoms with van der Waals surface area (Å²) in [5.74, 6) is -1.83. The van der Waals surface area contributed by atoms with Crippen molar-refractivity contribution >= 4 is 31.7 Å². The van der Waals surface area contributed by atoms with Crippen molar-refractivity contribution in [1.29, 1.82) is 0 Å². The molecule has 0 saturated carbocycles. The Morgan fingerprint density at radius 2 is 1.92 bits per heavy atom. The van der Waals surface area contributed by atoms with Crippen LogP contribution in [-0.2, 0) is 24.8 Å². The van der Waals surface area contributed by atoms with Crippen molar-refractivity contribution in [3.05, 3.63) is 24.3 Å². The molecule has 0 aromatic heterocycles. The van der Waals surface area contributed by atoms with Gasteiger partial charge in [-0.2, -0.15) is 0 Å². The molecule has 1 atom stereocenters. The molecule has 0 bridgehead atoms. The molecule has 1 aromatic carbocycles. The summed E-state index contributed by atoms with van der Waals surface area (Å²) in [7, 11) is -5.84. The Morgan fingerprint density at radius 1 is 1.33 bits per heavy atom. The molecule has 1 fully saturated rings. The van der Waals surface area contributed by atoms with Crippen molar-refractivity contribution in [2.75, 3.05) is 30.2 Å². The summed E-state index contributed by atoms with van der Waals surface area (Å²) in [6, 6.07) is 5.56. The van der Waals surface area contributed by atoms with E-state index in [1.54, 1.807) is 0 Å². The van der Waals surface area contributed by atoms with Crippen LogP contribution >= 0.6 is 0 Å². The zero-order valence-corrected chi connectivity index (χ0v) is 15.0. The first-order valence-electron chi connectivity index (χ1n) is 7.35. The highest BCUT2D eigenvalue weighted by Gasteiger charge is 2.29. The summed E-state index contributed by atoms with van der Waals surface area (Å²) >= 11 is 0. The topological polar surface area (TPSA) is 112 Å². The van der Waals surface area contributed by atoms with Crippen molar-refractivity contribution < 1.29 is 26.7 Å². The molecule has 1 unspecified atom stereocenters. The molecule has 0 spiro atoms. The van der Waals surface area contributed by atoms with E-state index in [0.29, 0.717) is 18.7 Å². The lowest BCUT2D eigenvalue weighted by molar-refractivity contribution is -0.141. The van der Waals surface area contributed by atoms with Gasteiger partial charge in [-0.3, -0.25) is 9.10 Å². The predicted molar refractivity (Wildman–Crippen MR) is 88.8 cm³/mol. The Labute approximate surface area is 141 Å². The van der Waals surface area contributed by atoms with Crippen molar-refractivity contribution in [2.24, 2.45) is 5.92 Å². The van der Waals surface area contributed by atoms with Crippen LogP contribution in [0.15, 0.2) is 29.2 Å². The zero-order valence-electron chi connectivity index (χ0n) is 13.4. The molecule has 24 heavy (non-hydrogen) atoms. The summed E-state index contributed by atoms with van der Waals surface area (Å²) in [4.78, 5) is 10.9. The normalized spacial score (nSPS) is 18.7. The van der Waals surface area contributed by atoms with E-state index < -0.39 is 31.9 Å². The predicted octanol–water partition coefficient (Wildman–Crippen LogP) is 0.568. The number of rotatable bonds is 6. The van der Waals surface area contributed by atoms with Gasteiger partial charge in [0.1, 0.15) is 0 Å². The minimum Gasteiger partial charge on any atom is -0.481 e. The van der Waals surface area contributed by atoms with Crippen LogP contribution in [0.2, 0.25) is 0 Å². The van der Waals surface area contributed by atoms with Crippen molar-refractivity contribution in [1.82, 2.24) is 4.31 Å². The van der Waals surface area contributed by atoms with E-state index >= 15 is 0 Å². The van der Waals surface area contributed by atoms with Crippen LogP contribution in [0.4, 0.5) is 5.69 Å². The minimum atomic E-state index is -3.83. The standard InChI is InChI=1S/C14H20N2O6S2/c1-11(14(17)18)10-15(2)24(21,22)13-6-4-12(5-7-13)16-8-3-9-23(16,19)20/h4-7,11H,3,8-10H2,1-2H3,(H,17,18). The number of hydrogen-bond donors (Lipinski definition) is 1. The molecule has 0 amide bonds. The molecule has 10 heteroatoms. The average Bonchev–Trinajstić information content (AvgIpc) is 2.86. The number of nitrogens with zero attached hydrogens (tertiary/aromatic N) is 2. The molecule has 1 aromatic rings. The van der Waals surface area contributed by atoms with E-state index in [1.807, 2.05) is 0 Å². The molecular weight excluding hydrogens is 356 g/mol. The number of carboxylic acid groups (broad SMARTS) is 1. The number of anilines is 1. The first-order chi connectivity index (χ1) is 11.1. The van der Waals surface area contributed by atoms with Crippen LogP contribution in [0.25, 0.3) is 0 Å². The Kier molecular flexibility index (Phi) is 5.21. The molecule has 0 aliphatic carbocycles. The number of carbonyl (C=O) groups is 1. The largest absolute Gasteiger partial charge is 0.481 e. The molecule has 1 heterocycles. The third-order valence-electron chi connectivity index (χ3n) is 3.88. The van der Waals surface area contributed by atoms with Crippen molar-refractivity contribution in [2.45, 2.75) is 18.2 Å². The second-order valence-corrected chi connectivity index (χ2v) is 9.82. The quantitative estimate of drug-likeness (QED) is 0.777.